The molecule has 2 heterocycles. The molecule has 1 aromatic heterocycles. The molecule has 0 radical (unpaired) electrons. The summed E-state index contributed by atoms with van der Waals surface area (Å²) in [6, 6.07) is 6.60. The molecular weight excluding hydrogens is 432 g/mol. The van der Waals surface area contributed by atoms with E-state index in [1.165, 1.54) is 12.1 Å². The maximum Gasteiger partial charge on any atom is 0.317 e. The molecule has 0 spiro atoms. The Morgan fingerprint density at radius 1 is 1.15 bits per heavy atom. The number of carbonyl (C=O) groups excluding carboxylic acids is 1. The van der Waals surface area contributed by atoms with Gasteiger partial charge in [-0.2, -0.15) is 0 Å². The monoisotopic (exact) mass is 468 g/mol. The summed E-state index contributed by atoms with van der Waals surface area (Å²) in [4.78, 5) is 37.1. The van der Waals surface area contributed by atoms with Crippen LogP contribution in [0.4, 0.5) is 16.3 Å². The number of amides is 2. The molecule has 0 aliphatic carbocycles. The smallest absolute Gasteiger partial charge is 0.317 e. The number of carbonyl (C=O) groups is 1. The molecule has 1 aliphatic heterocycles. The molecule has 34 heavy (non-hydrogen) atoms. The molecule has 1 saturated heterocycles. The summed E-state index contributed by atoms with van der Waals surface area (Å²) in [5.74, 6) is 1.97. The molecule has 2 amide bonds. The van der Waals surface area contributed by atoms with Gasteiger partial charge >= 0.3 is 6.03 Å². The van der Waals surface area contributed by atoms with Crippen LogP contribution in [0.2, 0.25) is 0 Å². The predicted molar refractivity (Wildman–Crippen MR) is 133 cm³/mol. The number of nitrogens with one attached hydrogen (secondary N) is 1. The van der Waals surface area contributed by atoms with E-state index in [1.54, 1.807) is 12.1 Å². The number of aryl methyl sites for hydroxylation is 1. The number of anilines is 1. The minimum Gasteiger partial charge on any atom is -0.353 e. The molecule has 0 bridgehead atoms. The van der Waals surface area contributed by atoms with Crippen LogP contribution in [0.3, 0.4) is 0 Å². The molecular formula is C25H36N6O3. The molecule has 1 N–H and O–H groups in total. The normalized spacial score (nSPS) is 15.2. The van der Waals surface area contributed by atoms with Gasteiger partial charge in [0.05, 0.1) is 4.92 Å². The van der Waals surface area contributed by atoms with Crippen LogP contribution in [0.5, 0.6) is 0 Å². The van der Waals surface area contributed by atoms with Crippen LogP contribution >= 0.6 is 0 Å². The number of nitro groups is 1. The number of piperazine rings is 1. The minimum absolute atomic E-state index is 0.0441. The van der Waals surface area contributed by atoms with E-state index < -0.39 is 0 Å². The zero-order valence-corrected chi connectivity index (χ0v) is 21.1. The first-order chi connectivity index (χ1) is 16.0. The van der Waals surface area contributed by atoms with E-state index in [-0.39, 0.29) is 28.1 Å². The van der Waals surface area contributed by atoms with Crippen LogP contribution in [0.1, 0.15) is 69.6 Å². The molecule has 184 valence electrons. The zero-order valence-electron chi connectivity index (χ0n) is 21.1. The fourth-order valence-electron chi connectivity index (χ4n) is 3.93. The van der Waals surface area contributed by atoms with Gasteiger partial charge in [0.1, 0.15) is 11.6 Å². The van der Waals surface area contributed by atoms with Gasteiger partial charge in [0.25, 0.3) is 5.69 Å². The van der Waals surface area contributed by atoms with Crippen LogP contribution in [0.15, 0.2) is 24.3 Å². The molecule has 1 aromatic carbocycles. The SMILES string of the molecule is CCC(C)c1nc(C)c(Cc2ccc([N+](=O)[O-])cc2)c(N2CCN(C(=O)NC(C)(C)C)CC2)n1. The topological polar surface area (TPSA) is 105 Å². The molecule has 1 unspecified atom stereocenters. The van der Waals surface area contributed by atoms with Crippen molar-refractivity contribution < 1.29 is 9.72 Å². The lowest BCUT2D eigenvalue weighted by atomic mass is 10.0. The van der Waals surface area contributed by atoms with Gasteiger partial charge in [-0.05, 0) is 39.7 Å². The van der Waals surface area contributed by atoms with E-state index in [0.29, 0.717) is 32.6 Å². The second kappa shape index (κ2) is 10.4. The summed E-state index contributed by atoms with van der Waals surface area (Å²) < 4.78 is 0. The maximum absolute atomic E-state index is 12.6. The maximum atomic E-state index is 12.6. The number of benzene rings is 1. The Bertz CT molecular complexity index is 1020. The van der Waals surface area contributed by atoms with Crippen molar-refractivity contribution in [3.05, 3.63) is 57.0 Å². The van der Waals surface area contributed by atoms with E-state index >= 15 is 0 Å². The zero-order chi connectivity index (χ0) is 25.0. The molecule has 1 aliphatic rings. The number of hydrogen-bond donors (Lipinski definition) is 1. The predicted octanol–water partition coefficient (Wildman–Crippen LogP) is 4.43. The van der Waals surface area contributed by atoms with Gasteiger partial charge < -0.3 is 15.1 Å². The van der Waals surface area contributed by atoms with Crippen molar-refractivity contribution >= 4 is 17.5 Å². The first-order valence-electron chi connectivity index (χ1n) is 11.9. The van der Waals surface area contributed by atoms with Crippen molar-refractivity contribution in [3.8, 4) is 0 Å². The van der Waals surface area contributed by atoms with Gasteiger partial charge in [-0.3, -0.25) is 10.1 Å². The number of non-ortho nitro benzene ring substituents is 1. The largest absolute Gasteiger partial charge is 0.353 e. The van der Waals surface area contributed by atoms with Gasteiger partial charge in [-0.25, -0.2) is 14.8 Å². The third kappa shape index (κ3) is 6.21. The summed E-state index contributed by atoms with van der Waals surface area (Å²) >= 11 is 0. The van der Waals surface area contributed by atoms with E-state index in [4.69, 9.17) is 9.97 Å². The number of aromatic nitrogens is 2. The molecule has 3 rings (SSSR count). The van der Waals surface area contributed by atoms with Gasteiger partial charge in [0.2, 0.25) is 0 Å². The Morgan fingerprint density at radius 2 is 1.76 bits per heavy atom. The highest BCUT2D eigenvalue weighted by Gasteiger charge is 2.27. The number of rotatable bonds is 6. The Balaban J connectivity index is 1.86. The van der Waals surface area contributed by atoms with E-state index in [9.17, 15) is 14.9 Å². The summed E-state index contributed by atoms with van der Waals surface area (Å²) in [5.41, 5.74) is 2.72. The molecule has 1 atom stereocenters. The van der Waals surface area contributed by atoms with Crippen molar-refractivity contribution in [2.24, 2.45) is 0 Å². The summed E-state index contributed by atoms with van der Waals surface area (Å²) in [7, 11) is 0. The number of hydrogen-bond acceptors (Lipinski definition) is 6. The minimum atomic E-state index is -0.389. The van der Waals surface area contributed by atoms with Crippen molar-refractivity contribution in [2.45, 2.75) is 65.8 Å². The van der Waals surface area contributed by atoms with Gasteiger partial charge in [-0.1, -0.05) is 26.0 Å². The summed E-state index contributed by atoms with van der Waals surface area (Å²) in [5, 5.41) is 14.0. The first-order valence-corrected chi connectivity index (χ1v) is 11.9. The number of urea groups is 1. The van der Waals surface area contributed by atoms with Crippen molar-refractivity contribution in [3.63, 3.8) is 0 Å². The highest BCUT2D eigenvalue weighted by Crippen LogP contribution is 2.28. The third-order valence-corrected chi connectivity index (χ3v) is 6.14. The third-order valence-electron chi connectivity index (χ3n) is 6.14. The molecule has 9 nitrogen and oxygen atoms in total. The first kappa shape index (κ1) is 25.4. The van der Waals surface area contributed by atoms with Crippen molar-refractivity contribution in [1.29, 1.82) is 0 Å². The van der Waals surface area contributed by atoms with Crippen LogP contribution in [0, 0.1) is 17.0 Å². The number of nitrogens with zero attached hydrogens (tertiary/aromatic N) is 5. The fourth-order valence-corrected chi connectivity index (χ4v) is 3.93. The van der Waals surface area contributed by atoms with Crippen LogP contribution in [0.25, 0.3) is 0 Å². The summed E-state index contributed by atoms with van der Waals surface area (Å²) in [6.07, 6.45) is 1.53. The Hall–Kier alpha value is -3.23. The Kier molecular flexibility index (Phi) is 7.74. The van der Waals surface area contributed by atoms with Crippen LogP contribution < -0.4 is 10.2 Å². The van der Waals surface area contributed by atoms with Crippen LogP contribution in [-0.2, 0) is 6.42 Å². The van der Waals surface area contributed by atoms with E-state index in [1.807, 2.05) is 32.6 Å². The Morgan fingerprint density at radius 3 is 2.29 bits per heavy atom. The molecule has 2 aromatic rings. The second-order valence-electron chi connectivity index (χ2n) is 10.0. The standard InChI is InChI=1S/C25H36N6O3/c1-7-17(2)22-26-18(3)21(16-19-8-10-20(11-9-19)31(33)34)23(27-22)29-12-14-30(15-13-29)24(32)28-25(4,5)6/h8-11,17H,7,12-16H2,1-6H3,(H,28,32). The lowest BCUT2D eigenvalue weighted by molar-refractivity contribution is -0.384. The number of nitro benzene ring substituents is 1. The molecule has 9 heteroatoms. The fraction of sp³-hybridized carbons (Fsp3) is 0.560. The average molecular weight is 469 g/mol. The van der Waals surface area contributed by atoms with E-state index in [2.05, 4.69) is 24.1 Å². The van der Waals surface area contributed by atoms with Gasteiger partial charge in [0, 0.05) is 67.4 Å². The van der Waals surface area contributed by atoms with Crippen LogP contribution in [-0.4, -0.2) is 57.5 Å². The molecule has 0 saturated carbocycles. The van der Waals surface area contributed by atoms with E-state index in [0.717, 1.165) is 34.9 Å². The lowest BCUT2D eigenvalue weighted by Gasteiger charge is -2.38. The molecule has 1 fully saturated rings. The highest BCUT2D eigenvalue weighted by molar-refractivity contribution is 5.75. The lowest BCUT2D eigenvalue weighted by Crippen LogP contribution is -2.55. The van der Waals surface area contributed by atoms with Gasteiger partial charge in [0.15, 0.2) is 0 Å². The van der Waals surface area contributed by atoms with Gasteiger partial charge in [-0.15, -0.1) is 0 Å². The van der Waals surface area contributed by atoms with Crippen molar-refractivity contribution in [1.82, 2.24) is 20.2 Å². The van der Waals surface area contributed by atoms with Crippen molar-refractivity contribution in [2.75, 3.05) is 31.1 Å². The second-order valence-corrected chi connectivity index (χ2v) is 10.0. The highest BCUT2D eigenvalue weighted by atomic mass is 16.6. The quantitative estimate of drug-likeness (QED) is 0.497. The Labute approximate surface area is 201 Å². The average Bonchev–Trinajstić information content (AvgIpc) is 2.79. The summed E-state index contributed by atoms with van der Waals surface area (Å²) in [6.45, 7) is 14.8.